The summed E-state index contributed by atoms with van der Waals surface area (Å²) < 4.78 is 74.7. The minimum atomic E-state index is -4.88. The fourth-order valence-electron chi connectivity index (χ4n) is 1.22. The van der Waals surface area contributed by atoms with Gasteiger partial charge in [0.25, 0.3) is 0 Å². The molecule has 0 radical (unpaired) electrons. The van der Waals surface area contributed by atoms with E-state index >= 15 is 0 Å². The zero-order chi connectivity index (χ0) is 12.7. The highest BCUT2D eigenvalue weighted by molar-refractivity contribution is 5.25. The van der Waals surface area contributed by atoms with Gasteiger partial charge in [-0.15, -0.1) is 0 Å². The van der Waals surface area contributed by atoms with Crippen LogP contribution in [0.3, 0.4) is 0 Å². The summed E-state index contributed by atoms with van der Waals surface area (Å²) in [6.45, 7) is 0.673. The predicted molar refractivity (Wildman–Crippen MR) is 42.7 cm³/mol. The summed E-state index contributed by atoms with van der Waals surface area (Å²) >= 11 is 0. The van der Waals surface area contributed by atoms with Gasteiger partial charge in [0.1, 0.15) is 0 Å². The maximum absolute atomic E-state index is 12.4. The Morgan fingerprint density at radius 3 is 2.06 bits per heavy atom. The Bertz CT molecular complexity index is 375. The van der Waals surface area contributed by atoms with Crippen molar-refractivity contribution in [1.82, 2.24) is 9.78 Å². The summed E-state index contributed by atoms with van der Waals surface area (Å²) in [5.74, 6) is -2.20. The van der Waals surface area contributed by atoms with Crippen molar-refractivity contribution < 1.29 is 26.3 Å². The molecule has 0 bridgehead atoms. The van der Waals surface area contributed by atoms with Gasteiger partial charge in [-0.3, -0.25) is 4.68 Å². The van der Waals surface area contributed by atoms with Crippen molar-refractivity contribution in [3.05, 3.63) is 17.5 Å². The Labute approximate surface area is 86.9 Å². The van der Waals surface area contributed by atoms with Crippen LogP contribution in [0.5, 0.6) is 0 Å². The summed E-state index contributed by atoms with van der Waals surface area (Å²) in [5.41, 5.74) is -2.35. The van der Waals surface area contributed by atoms with Crippen molar-refractivity contribution in [3.63, 3.8) is 0 Å². The second kappa shape index (κ2) is 3.67. The Hall–Kier alpha value is -1.21. The van der Waals surface area contributed by atoms with E-state index in [1.165, 1.54) is 0 Å². The lowest BCUT2D eigenvalue weighted by Crippen LogP contribution is -2.20. The van der Waals surface area contributed by atoms with Crippen molar-refractivity contribution in [2.75, 3.05) is 0 Å². The van der Waals surface area contributed by atoms with Gasteiger partial charge in [-0.25, -0.2) is 0 Å². The highest BCUT2D eigenvalue weighted by atomic mass is 19.4. The normalized spacial score (nSPS) is 15.2. The molecule has 0 fully saturated rings. The van der Waals surface area contributed by atoms with E-state index in [0.717, 1.165) is 17.9 Å². The Kier molecular flexibility index (Phi) is 2.95. The summed E-state index contributed by atoms with van der Waals surface area (Å²) in [7, 11) is 1.14. The quantitative estimate of drug-likeness (QED) is 0.696. The monoisotopic (exact) mass is 246 g/mol. The number of rotatable bonds is 1. The smallest absolute Gasteiger partial charge is 0.275 e. The molecule has 0 N–H and O–H groups in total. The standard InChI is InChI=1S/C8H8F6N2/c1-4(7(9,10)11)5-3-16(2)15-6(5)8(12,13)14/h3-4H,1-2H3. The van der Waals surface area contributed by atoms with Gasteiger partial charge in [0.05, 0.1) is 5.92 Å². The van der Waals surface area contributed by atoms with Crippen LogP contribution in [0.2, 0.25) is 0 Å². The number of hydrogen-bond donors (Lipinski definition) is 0. The lowest BCUT2D eigenvalue weighted by Gasteiger charge is -2.16. The fourth-order valence-corrected chi connectivity index (χ4v) is 1.22. The molecule has 0 amide bonds. The molecule has 1 atom stereocenters. The van der Waals surface area contributed by atoms with Gasteiger partial charge in [-0.05, 0) is 6.92 Å². The van der Waals surface area contributed by atoms with Gasteiger partial charge >= 0.3 is 12.4 Å². The molecular formula is C8H8F6N2. The molecule has 0 aliphatic heterocycles. The minimum absolute atomic E-state index is 0.673. The lowest BCUT2D eigenvalue weighted by molar-refractivity contribution is -0.154. The van der Waals surface area contributed by atoms with Crippen molar-refractivity contribution in [1.29, 1.82) is 0 Å². The number of nitrogens with zero attached hydrogens (tertiary/aromatic N) is 2. The molecule has 1 rings (SSSR count). The van der Waals surface area contributed by atoms with Crippen molar-refractivity contribution >= 4 is 0 Å². The molecule has 0 spiro atoms. The predicted octanol–water partition coefficient (Wildman–Crippen LogP) is 3.10. The van der Waals surface area contributed by atoms with Crippen LogP contribution in [0.1, 0.15) is 24.1 Å². The topological polar surface area (TPSA) is 17.8 Å². The average Bonchev–Trinajstić information content (AvgIpc) is 2.43. The van der Waals surface area contributed by atoms with Crippen LogP contribution in [0, 0.1) is 0 Å². The molecular weight excluding hydrogens is 238 g/mol. The van der Waals surface area contributed by atoms with E-state index in [-0.39, 0.29) is 0 Å². The molecule has 1 aromatic rings. The van der Waals surface area contributed by atoms with Crippen LogP contribution in [-0.4, -0.2) is 16.0 Å². The van der Waals surface area contributed by atoms with Crippen LogP contribution in [-0.2, 0) is 13.2 Å². The molecule has 1 heterocycles. The maximum atomic E-state index is 12.4. The van der Waals surface area contributed by atoms with Crippen molar-refractivity contribution in [2.45, 2.75) is 25.2 Å². The van der Waals surface area contributed by atoms with Gasteiger partial charge in [0, 0.05) is 18.8 Å². The van der Waals surface area contributed by atoms with Crippen LogP contribution in [0.25, 0.3) is 0 Å². The molecule has 1 unspecified atom stereocenters. The number of halogens is 6. The second-order valence-corrected chi connectivity index (χ2v) is 3.37. The SMILES string of the molecule is CC(c1cn(C)nc1C(F)(F)F)C(F)(F)F. The van der Waals surface area contributed by atoms with Gasteiger partial charge < -0.3 is 0 Å². The first kappa shape index (κ1) is 12.9. The highest BCUT2D eigenvalue weighted by Gasteiger charge is 2.45. The van der Waals surface area contributed by atoms with Crippen molar-refractivity contribution in [3.8, 4) is 0 Å². The van der Waals surface area contributed by atoms with E-state index in [1.807, 2.05) is 0 Å². The summed E-state index contributed by atoms with van der Waals surface area (Å²) in [6, 6.07) is 0. The molecule has 0 aromatic carbocycles. The largest absolute Gasteiger partial charge is 0.435 e. The first-order valence-electron chi connectivity index (χ1n) is 4.21. The molecule has 8 heteroatoms. The van der Waals surface area contributed by atoms with E-state index in [0.29, 0.717) is 6.92 Å². The fraction of sp³-hybridized carbons (Fsp3) is 0.625. The first-order chi connectivity index (χ1) is 7.03. The zero-order valence-corrected chi connectivity index (χ0v) is 8.32. The second-order valence-electron chi connectivity index (χ2n) is 3.37. The van der Waals surface area contributed by atoms with E-state index in [2.05, 4.69) is 5.10 Å². The zero-order valence-electron chi connectivity index (χ0n) is 8.32. The molecule has 0 saturated heterocycles. The van der Waals surface area contributed by atoms with Crippen LogP contribution in [0.4, 0.5) is 26.3 Å². The number of aromatic nitrogens is 2. The third kappa shape index (κ3) is 2.48. The van der Waals surface area contributed by atoms with E-state index in [9.17, 15) is 26.3 Å². The third-order valence-corrected chi connectivity index (χ3v) is 2.08. The third-order valence-electron chi connectivity index (χ3n) is 2.08. The number of hydrogen-bond acceptors (Lipinski definition) is 1. The van der Waals surface area contributed by atoms with Crippen LogP contribution >= 0.6 is 0 Å². The summed E-state index contributed by atoms with van der Waals surface area (Å²) in [6.07, 6.45) is -8.86. The number of aryl methyl sites for hydroxylation is 1. The summed E-state index contributed by atoms with van der Waals surface area (Å²) in [5, 5.41) is 3.01. The molecule has 2 nitrogen and oxygen atoms in total. The van der Waals surface area contributed by atoms with Crippen LogP contribution < -0.4 is 0 Å². The maximum Gasteiger partial charge on any atom is 0.435 e. The van der Waals surface area contributed by atoms with Gasteiger partial charge in [-0.2, -0.15) is 31.4 Å². The average molecular weight is 246 g/mol. The molecule has 1 aromatic heterocycles. The lowest BCUT2D eigenvalue weighted by atomic mass is 10.0. The number of alkyl halides is 6. The van der Waals surface area contributed by atoms with Gasteiger partial charge in [-0.1, -0.05) is 0 Å². The first-order valence-corrected chi connectivity index (χ1v) is 4.21. The van der Waals surface area contributed by atoms with Gasteiger partial charge in [0.15, 0.2) is 5.69 Å². The van der Waals surface area contributed by atoms with E-state index < -0.39 is 29.5 Å². The van der Waals surface area contributed by atoms with Gasteiger partial charge in [0.2, 0.25) is 0 Å². The molecule has 0 aliphatic carbocycles. The minimum Gasteiger partial charge on any atom is -0.275 e. The van der Waals surface area contributed by atoms with E-state index in [1.54, 1.807) is 0 Å². The Morgan fingerprint density at radius 2 is 1.69 bits per heavy atom. The van der Waals surface area contributed by atoms with E-state index in [4.69, 9.17) is 0 Å². The summed E-state index contributed by atoms with van der Waals surface area (Å²) in [4.78, 5) is 0. The molecule has 92 valence electrons. The Morgan fingerprint density at radius 1 is 1.19 bits per heavy atom. The van der Waals surface area contributed by atoms with Crippen molar-refractivity contribution in [2.24, 2.45) is 7.05 Å². The Balaban J connectivity index is 3.24. The van der Waals surface area contributed by atoms with Crippen LogP contribution in [0.15, 0.2) is 6.20 Å². The molecule has 0 saturated carbocycles. The molecule has 0 aliphatic rings. The molecule has 16 heavy (non-hydrogen) atoms. The highest BCUT2D eigenvalue weighted by Crippen LogP contribution is 2.40.